The number of hydrogen-bond donors (Lipinski definition) is 2. The molecular formula is C28H31F3N4O3S. The van der Waals surface area contributed by atoms with E-state index in [0.717, 1.165) is 44.2 Å². The second-order valence-corrected chi connectivity index (χ2v) is 10.9. The number of hydrogen-bond acceptors (Lipinski definition) is 6. The molecule has 4 rings (SSSR count). The van der Waals surface area contributed by atoms with Gasteiger partial charge in [-0.25, -0.2) is 9.97 Å². The van der Waals surface area contributed by atoms with Crippen molar-refractivity contribution >= 4 is 27.7 Å². The lowest BCUT2D eigenvalue weighted by Crippen LogP contribution is -2.27. The Morgan fingerprint density at radius 3 is 2.56 bits per heavy atom. The Balaban J connectivity index is 1.78. The number of aromatic nitrogens is 2. The smallest absolute Gasteiger partial charge is 0.396 e. The minimum absolute atomic E-state index is 0.118. The molecule has 0 fully saturated rings. The van der Waals surface area contributed by atoms with Crippen molar-refractivity contribution < 1.29 is 26.7 Å². The highest BCUT2D eigenvalue weighted by Crippen LogP contribution is 2.38. The van der Waals surface area contributed by atoms with E-state index in [0.29, 0.717) is 30.9 Å². The maximum absolute atomic E-state index is 13.9. The van der Waals surface area contributed by atoms with Crippen molar-refractivity contribution in [3.05, 3.63) is 71.8 Å². The van der Waals surface area contributed by atoms with E-state index in [4.69, 9.17) is 5.11 Å². The van der Waals surface area contributed by atoms with Gasteiger partial charge < -0.3 is 10.0 Å². The van der Waals surface area contributed by atoms with Crippen LogP contribution in [0, 0.1) is 0 Å². The molecule has 3 heterocycles. The molecule has 0 spiro atoms. The highest BCUT2D eigenvalue weighted by Gasteiger charge is 2.35. The number of benzene rings is 1. The van der Waals surface area contributed by atoms with E-state index < -0.39 is 21.8 Å². The largest absolute Gasteiger partial charge is 0.418 e. The molecule has 1 aromatic carbocycles. The van der Waals surface area contributed by atoms with Crippen molar-refractivity contribution in [3.63, 3.8) is 0 Å². The molecule has 7 nitrogen and oxygen atoms in total. The molecule has 1 aliphatic rings. The van der Waals surface area contributed by atoms with E-state index >= 15 is 0 Å². The summed E-state index contributed by atoms with van der Waals surface area (Å²) in [6.45, 7) is 1.43. The number of aliphatic hydroxyl groups excluding tert-OH is 1. The first-order chi connectivity index (χ1) is 18.7. The number of allylic oxidation sites excluding steroid dienone is 1. The zero-order chi connectivity index (χ0) is 27.9. The van der Waals surface area contributed by atoms with Gasteiger partial charge in [-0.15, -0.1) is 0 Å². The van der Waals surface area contributed by atoms with Crippen LogP contribution in [0.2, 0.25) is 0 Å². The number of rotatable bonds is 5. The molecule has 0 saturated carbocycles. The number of alkyl halides is 3. The van der Waals surface area contributed by atoms with Gasteiger partial charge in [0.15, 0.2) is 5.03 Å². The summed E-state index contributed by atoms with van der Waals surface area (Å²) >= 11 is 0. The summed E-state index contributed by atoms with van der Waals surface area (Å²) < 4.78 is 70.7. The average Bonchev–Trinajstić information content (AvgIpc) is 2.91. The normalized spacial score (nSPS) is 16.6. The third kappa shape index (κ3) is 7.36. The second kappa shape index (κ2) is 12.6. The van der Waals surface area contributed by atoms with Gasteiger partial charge in [-0.05, 0) is 68.4 Å². The van der Waals surface area contributed by atoms with Crippen LogP contribution in [0.1, 0.15) is 49.7 Å². The van der Waals surface area contributed by atoms with Crippen molar-refractivity contribution in [2.45, 2.75) is 49.7 Å². The van der Waals surface area contributed by atoms with Crippen LogP contribution in [-0.2, 0) is 16.2 Å². The number of halogens is 3. The number of aliphatic hydroxyl groups is 1. The fourth-order valence-corrected chi connectivity index (χ4v) is 5.40. The van der Waals surface area contributed by atoms with Crippen LogP contribution in [0.5, 0.6) is 0 Å². The van der Waals surface area contributed by atoms with Gasteiger partial charge in [0.25, 0.3) is 10.0 Å². The number of anilines is 2. The standard InChI is InChI=1S/C28H31F3N4O3S/c29-28(30,31)23-16-17-24-32-27(23)22-13-6-5-12-21(22)11-4-1-2-7-18-35(19-8-3-9-20-36)25-14-10-15-26(33-25)39(37,38)34-24/h4-6,10-17,36H,1-3,7-9,18-20H2,(H,32,34)/b11-4+. The summed E-state index contributed by atoms with van der Waals surface area (Å²) in [5.41, 5.74) is -0.511. The molecule has 39 heavy (non-hydrogen) atoms. The monoisotopic (exact) mass is 560 g/mol. The van der Waals surface area contributed by atoms with Crippen LogP contribution in [-0.4, -0.2) is 43.2 Å². The fourth-order valence-electron chi connectivity index (χ4n) is 4.44. The zero-order valence-electron chi connectivity index (χ0n) is 21.4. The van der Waals surface area contributed by atoms with Gasteiger partial charge in [-0.3, -0.25) is 4.72 Å². The summed E-state index contributed by atoms with van der Waals surface area (Å²) in [5.74, 6) is 0.254. The van der Waals surface area contributed by atoms with Gasteiger partial charge in [0.1, 0.15) is 11.6 Å². The van der Waals surface area contributed by atoms with E-state index in [1.54, 1.807) is 42.5 Å². The van der Waals surface area contributed by atoms with Crippen LogP contribution >= 0.6 is 0 Å². The van der Waals surface area contributed by atoms with Crippen molar-refractivity contribution in [2.24, 2.45) is 0 Å². The molecule has 2 N–H and O–H groups in total. The van der Waals surface area contributed by atoms with Crippen LogP contribution in [0.3, 0.4) is 0 Å². The third-order valence-corrected chi connectivity index (χ3v) is 7.65. The van der Waals surface area contributed by atoms with Gasteiger partial charge in [-0.1, -0.05) is 42.5 Å². The number of nitrogens with one attached hydrogen (secondary N) is 1. The number of unbranched alkanes of at least 4 members (excludes halogenated alkanes) is 2. The molecule has 0 atom stereocenters. The molecule has 0 amide bonds. The number of sulfonamides is 1. The zero-order valence-corrected chi connectivity index (χ0v) is 22.2. The summed E-state index contributed by atoms with van der Waals surface area (Å²) in [6, 6.07) is 13.1. The number of pyridine rings is 2. The van der Waals surface area contributed by atoms with Crippen LogP contribution in [0.15, 0.2) is 65.7 Å². The summed E-state index contributed by atoms with van der Waals surface area (Å²) in [7, 11) is -4.25. The van der Waals surface area contributed by atoms with E-state index in [1.165, 1.54) is 6.07 Å². The molecule has 0 aliphatic carbocycles. The molecule has 11 heteroatoms. The summed E-state index contributed by atoms with van der Waals surface area (Å²) in [4.78, 5) is 10.6. The number of fused-ring (bicyclic) bond motifs is 6. The minimum atomic E-state index is -4.69. The van der Waals surface area contributed by atoms with Gasteiger partial charge in [0.2, 0.25) is 0 Å². The Kier molecular flexibility index (Phi) is 9.24. The second-order valence-electron chi connectivity index (χ2n) is 9.29. The summed E-state index contributed by atoms with van der Waals surface area (Å²) in [5, 5.41) is 8.84. The molecule has 208 valence electrons. The van der Waals surface area contributed by atoms with E-state index in [2.05, 4.69) is 14.7 Å². The highest BCUT2D eigenvalue weighted by molar-refractivity contribution is 7.92. The van der Waals surface area contributed by atoms with Gasteiger partial charge in [0.05, 0.1) is 11.3 Å². The predicted octanol–water partition coefficient (Wildman–Crippen LogP) is 6.13. The summed E-state index contributed by atoms with van der Waals surface area (Å²) in [6.07, 6.45) is 3.71. The predicted molar refractivity (Wildman–Crippen MR) is 146 cm³/mol. The van der Waals surface area contributed by atoms with E-state index in [1.807, 2.05) is 11.0 Å². The van der Waals surface area contributed by atoms with E-state index in [9.17, 15) is 21.6 Å². The Labute approximate surface area is 226 Å². The quantitative estimate of drug-likeness (QED) is 0.365. The lowest BCUT2D eigenvalue weighted by Gasteiger charge is -2.24. The van der Waals surface area contributed by atoms with Gasteiger partial charge in [-0.2, -0.15) is 21.6 Å². The highest BCUT2D eigenvalue weighted by atomic mass is 32.2. The number of nitrogens with zero attached hydrogens (tertiary/aromatic N) is 3. The van der Waals surface area contributed by atoms with Crippen LogP contribution in [0.4, 0.5) is 24.8 Å². The SMILES string of the molecule is O=S1(=O)Nc2ccc(C(F)(F)F)c(n2)-c2ccccc2/C=C/CCCCN(CCCCCO)c2cccc1n2. The van der Waals surface area contributed by atoms with Crippen molar-refractivity contribution in [3.8, 4) is 11.3 Å². The van der Waals surface area contributed by atoms with Crippen LogP contribution in [0.25, 0.3) is 17.3 Å². The third-order valence-electron chi connectivity index (χ3n) is 6.40. The molecule has 0 radical (unpaired) electrons. The lowest BCUT2D eigenvalue weighted by atomic mass is 9.99. The first-order valence-corrected chi connectivity index (χ1v) is 14.4. The van der Waals surface area contributed by atoms with E-state index in [-0.39, 0.29) is 28.7 Å². The lowest BCUT2D eigenvalue weighted by molar-refractivity contribution is -0.137. The first-order valence-electron chi connectivity index (χ1n) is 12.9. The van der Waals surface area contributed by atoms with Gasteiger partial charge >= 0.3 is 6.18 Å². The Bertz CT molecular complexity index is 1410. The fraction of sp³-hybridized carbons (Fsp3) is 0.357. The molecule has 2 aromatic heterocycles. The van der Waals surface area contributed by atoms with Crippen molar-refractivity contribution in [1.82, 2.24) is 9.97 Å². The Morgan fingerprint density at radius 2 is 1.77 bits per heavy atom. The molecule has 1 aliphatic heterocycles. The van der Waals surface area contributed by atoms with Gasteiger partial charge in [0, 0.05) is 25.3 Å². The molecule has 0 unspecified atom stereocenters. The maximum Gasteiger partial charge on any atom is 0.418 e. The van der Waals surface area contributed by atoms with Crippen molar-refractivity contribution in [2.75, 3.05) is 29.3 Å². The Hall–Kier alpha value is -3.44. The Morgan fingerprint density at radius 1 is 0.949 bits per heavy atom. The van der Waals surface area contributed by atoms with Crippen molar-refractivity contribution in [1.29, 1.82) is 0 Å². The minimum Gasteiger partial charge on any atom is -0.396 e. The van der Waals surface area contributed by atoms with Crippen LogP contribution < -0.4 is 9.62 Å². The average molecular weight is 561 g/mol. The molecule has 3 aromatic rings. The molecular weight excluding hydrogens is 529 g/mol. The first kappa shape index (κ1) is 28.6. The topological polar surface area (TPSA) is 95.4 Å². The molecule has 0 saturated heterocycles. The maximum atomic E-state index is 13.9. The molecule has 4 bridgehead atoms.